The zero-order chi connectivity index (χ0) is 17.0. The molecule has 0 fully saturated rings. The fourth-order valence-electron chi connectivity index (χ4n) is 2.16. The molecule has 0 saturated heterocycles. The number of aryl methyl sites for hydroxylation is 1. The van der Waals surface area contributed by atoms with E-state index in [0.717, 1.165) is 35.3 Å². The summed E-state index contributed by atoms with van der Waals surface area (Å²) in [7, 11) is 0. The van der Waals surface area contributed by atoms with E-state index in [2.05, 4.69) is 20.8 Å². The maximum atomic E-state index is 13.7. The first-order chi connectivity index (χ1) is 10.9. The molecule has 0 aliphatic carbocycles. The summed E-state index contributed by atoms with van der Waals surface area (Å²) in [6.45, 7) is 3.71. The minimum atomic E-state index is -0.701. The number of halogens is 2. The van der Waals surface area contributed by atoms with Crippen molar-refractivity contribution in [2.24, 2.45) is 0 Å². The first-order valence-electron chi connectivity index (χ1n) is 7.00. The summed E-state index contributed by atoms with van der Waals surface area (Å²) in [5.41, 5.74) is 1.84. The van der Waals surface area contributed by atoms with Gasteiger partial charge in [0.05, 0.1) is 10.6 Å². The quantitative estimate of drug-likeness (QED) is 0.730. The van der Waals surface area contributed by atoms with E-state index in [9.17, 15) is 13.6 Å². The van der Waals surface area contributed by atoms with Gasteiger partial charge in [-0.25, -0.2) is 13.6 Å². The average Bonchev–Trinajstić information content (AvgIpc) is 2.83. The van der Waals surface area contributed by atoms with Crippen LogP contribution in [-0.2, 0) is 6.42 Å². The monoisotopic (exact) mass is 340 g/mol. The number of benzene rings is 1. The Hall–Kier alpha value is -2.09. The van der Waals surface area contributed by atoms with Crippen LogP contribution in [0.1, 0.15) is 18.3 Å². The third kappa shape index (κ3) is 4.69. The van der Waals surface area contributed by atoms with E-state index in [1.54, 1.807) is 6.26 Å². The maximum Gasteiger partial charge on any atom is 0.319 e. The van der Waals surface area contributed by atoms with Crippen LogP contribution in [-0.4, -0.2) is 28.5 Å². The highest BCUT2D eigenvalue weighted by atomic mass is 32.2. The molecule has 2 aromatic rings. The van der Waals surface area contributed by atoms with Crippen LogP contribution in [0.5, 0.6) is 0 Å². The fourth-order valence-corrected chi connectivity index (χ4v) is 2.67. The number of hydrogen-bond acceptors (Lipinski definition) is 3. The van der Waals surface area contributed by atoms with Crippen LogP contribution >= 0.6 is 11.8 Å². The second-order valence-electron chi connectivity index (χ2n) is 5.22. The molecule has 0 saturated carbocycles. The van der Waals surface area contributed by atoms with Crippen LogP contribution in [0.15, 0.2) is 23.1 Å². The molecule has 1 atom stereocenters. The van der Waals surface area contributed by atoms with E-state index in [-0.39, 0.29) is 16.6 Å². The SMILES string of the molecule is CSc1c(F)cc(NC(=O)N[C@H](C)Cc2cc(C)[nH]n2)cc1F. The summed E-state index contributed by atoms with van der Waals surface area (Å²) < 4.78 is 27.3. The van der Waals surface area contributed by atoms with Gasteiger partial charge in [0, 0.05) is 23.8 Å². The van der Waals surface area contributed by atoms with Gasteiger partial charge < -0.3 is 10.6 Å². The fraction of sp³-hybridized carbons (Fsp3) is 0.333. The number of anilines is 1. The van der Waals surface area contributed by atoms with E-state index in [1.165, 1.54) is 0 Å². The van der Waals surface area contributed by atoms with E-state index in [0.29, 0.717) is 6.42 Å². The lowest BCUT2D eigenvalue weighted by Gasteiger charge is -2.14. The van der Waals surface area contributed by atoms with Gasteiger partial charge in [-0.15, -0.1) is 11.8 Å². The first-order valence-corrected chi connectivity index (χ1v) is 8.23. The summed E-state index contributed by atoms with van der Waals surface area (Å²) in [4.78, 5) is 11.8. The Morgan fingerprint density at radius 1 is 1.35 bits per heavy atom. The second-order valence-corrected chi connectivity index (χ2v) is 6.04. The highest BCUT2D eigenvalue weighted by molar-refractivity contribution is 7.98. The van der Waals surface area contributed by atoms with Crippen molar-refractivity contribution >= 4 is 23.5 Å². The molecule has 1 aromatic carbocycles. The number of nitrogens with zero attached hydrogens (tertiary/aromatic N) is 1. The Labute approximate surface area is 137 Å². The lowest BCUT2D eigenvalue weighted by atomic mass is 10.2. The zero-order valence-corrected chi connectivity index (χ0v) is 13.9. The van der Waals surface area contributed by atoms with Gasteiger partial charge in [-0.3, -0.25) is 5.10 Å². The third-order valence-electron chi connectivity index (χ3n) is 3.11. The lowest BCUT2D eigenvalue weighted by Crippen LogP contribution is -2.37. The Balaban J connectivity index is 1.94. The number of thioether (sulfide) groups is 1. The highest BCUT2D eigenvalue weighted by Crippen LogP contribution is 2.26. The summed E-state index contributed by atoms with van der Waals surface area (Å²) in [6.07, 6.45) is 2.13. The number of amides is 2. The Bertz CT molecular complexity index is 682. The van der Waals surface area contributed by atoms with Gasteiger partial charge in [0.25, 0.3) is 0 Å². The van der Waals surface area contributed by atoms with Crippen LogP contribution in [0.3, 0.4) is 0 Å². The Morgan fingerprint density at radius 2 is 2.00 bits per heavy atom. The minimum Gasteiger partial charge on any atom is -0.335 e. The molecular weight excluding hydrogens is 322 g/mol. The van der Waals surface area contributed by atoms with E-state index in [4.69, 9.17) is 0 Å². The van der Waals surface area contributed by atoms with Gasteiger partial charge in [-0.05, 0) is 38.3 Å². The largest absolute Gasteiger partial charge is 0.335 e. The summed E-state index contributed by atoms with van der Waals surface area (Å²) >= 11 is 0.975. The van der Waals surface area contributed by atoms with Crippen molar-refractivity contribution in [3.8, 4) is 0 Å². The minimum absolute atomic E-state index is 0.0677. The number of carbonyl (C=O) groups is 1. The maximum absolute atomic E-state index is 13.7. The first kappa shape index (κ1) is 17.3. The zero-order valence-electron chi connectivity index (χ0n) is 13.0. The van der Waals surface area contributed by atoms with Crippen molar-refractivity contribution in [3.63, 3.8) is 0 Å². The molecule has 0 unspecified atom stereocenters. The molecule has 0 bridgehead atoms. The number of carbonyl (C=O) groups excluding carboxylic acids is 1. The molecule has 3 N–H and O–H groups in total. The van der Waals surface area contributed by atoms with Gasteiger partial charge in [0.1, 0.15) is 11.6 Å². The average molecular weight is 340 g/mol. The van der Waals surface area contributed by atoms with E-state index < -0.39 is 17.7 Å². The molecule has 23 heavy (non-hydrogen) atoms. The Kier molecular flexibility index (Phi) is 5.59. The van der Waals surface area contributed by atoms with Gasteiger partial charge in [0.15, 0.2) is 0 Å². The lowest BCUT2D eigenvalue weighted by molar-refractivity contribution is 0.249. The number of nitrogens with one attached hydrogen (secondary N) is 3. The highest BCUT2D eigenvalue weighted by Gasteiger charge is 2.13. The van der Waals surface area contributed by atoms with Crippen molar-refractivity contribution in [2.45, 2.75) is 31.2 Å². The van der Waals surface area contributed by atoms with E-state index >= 15 is 0 Å². The molecule has 1 aromatic heterocycles. The molecule has 0 aliphatic heterocycles. The van der Waals surface area contributed by atoms with Crippen molar-refractivity contribution in [2.75, 3.05) is 11.6 Å². The number of rotatable bonds is 5. The second kappa shape index (κ2) is 7.45. The number of H-pyrrole nitrogens is 1. The molecule has 124 valence electrons. The van der Waals surface area contributed by atoms with Crippen LogP contribution < -0.4 is 10.6 Å². The smallest absolute Gasteiger partial charge is 0.319 e. The molecule has 2 amide bonds. The molecule has 5 nitrogen and oxygen atoms in total. The van der Waals surface area contributed by atoms with Crippen molar-refractivity contribution in [1.29, 1.82) is 0 Å². The van der Waals surface area contributed by atoms with Crippen molar-refractivity contribution in [1.82, 2.24) is 15.5 Å². The van der Waals surface area contributed by atoms with Crippen LogP contribution in [0.2, 0.25) is 0 Å². The number of hydrogen-bond donors (Lipinski definition) is 3. The third-order valence-corrected chi connectivity index (χ3v) is 3.91. The summed E-state index contributed by atoms with van der Waals surface area (Å²) in [5.74, 6) is -1.40. The topological polar surface area (TPSA) is 69.8 Å². The Morgan fingerprint density at radius 3 is 2.52 bits per heavy atom. The summed E-state index contributed by atoms with van der Waals surface area (Å²) in [6, 6.07) is 3.37. The summed E-state index contributed by atoms with van der Waals surface area (Å²) in [5, 5.41) is 12.0. The van der Waals surface area contributed by atoms with Gasteiger partial charge in [-0.1, -0.05) is 0 Å². The molecular formula is C15H18F2N4OS. The molecule has 2 rings (SSSR count). The number of urea groups is 1. The van der Waals surface area contributed by atoms with Gasteiger partial charge in [-0.2, -0.15) is 5.10 Å². The van der Waals surface area contributed by atoms with Crippen LogP contribution in [0.4, 0.5) is 19.3 Å². The van der Waals surface area contributed by atoms with Crippen molar-refractivity contribution < 1.29 is 13.6 Å². The van der Waals surface area contributed by atoms with Gasteiger partial charge in [0.2, 0.25) is 0 Å². The molecule has 1 heterocycles. The molecule has 8 heteroatoms. The molecule has 0 spiro atoms. The van der Waals surface area contributed by atoms with E-state index in [1.807, 2.05) is 19.9 Å². The van der Waals surface area contributed by atoms with Crippen LogP contribution in [0, 0.1) is 18.6 Å². The van der Waals surface area contributed by atoms with Crippen molar-refractivity contribution in [3.05, 3.63) is 41.2 Å². The number of aromatic nitrogens is 2. The molecule has 0 radical (unpaired) electrons. The predicted molar refractivity (Wildman–Crippen MR) is 86.8 cm³/mol. The predicted octanol–water partition coefficient (Wildman–Crippen LogP) is 3.47. The van der Waals surface area contributed by atoms with Gasteiger partial charge >= 0.3 is 6.03 Å². The number of aromatic amines is 1. The normalized spacial score (nSPS) is 12.0. The molecule has 0 aliphatic rings. The standard InChI is InChI=1S/C15H18F2N4OS/c1-8(4-11-5-9(2)20-21-11)18-15(22)19-10-6-12(16)14(23-3)13(17)7-10/h5-8H,4H2,1-3H3,(H,20,21)(H2,18,19,22)/t8-/m1/s1. The van der Waals surface area contributed by atoms with Crippen LogP contribution in [0.25, 0.3) is 0 Å².